The van der Waals surface area contributed by atoms with Crippen LogP contribution in [0.25, 0.3) is 0 Å². The fourth-order valence-electron chi connectivity index (χ4n) is 1.14. The van der Waals surface area contributed by atoms with E-state index in [1.54, 1.807) is 24.3 Å². The van der Waals surface area contributed by atoms with Crippen LogP contribution in [0, 0.1) is 5.82 Å². The number of benzene rings is 1. The molecule has 0 saturated carbocycles. The van der Waals surface area contributed by atoms with Gasteiger partial charge in [-0.15, -0.1) is 0 Å². The van der Waals surface area contributed by atoms with E-state index >= 15 is 0 Å². The summed E-state index contributed by atoms with van der Waals surface area (Å²) in [6.45, 7) is 0. The zero-order valence-corrected chi connectivity index (χ0v) is 7.81. The Balaban J connectivity index is 2.26. The second-order valence-corrected chi connectivity index (χ2v) is 2.90. The van der Waals surface area contributed by atoms with Crippen molar-refractivity contribution in [1.82, 2.24) is 9.97 Å². The summed E-state index contributed by atoms with van der Waals surface area (Å²) in [4.78, 5) is 7.64. The number of para-hydroxylation sites is 1. The van der Waals surface area contributed by atoms with Gasteiger partial charge in [-0.2, -0.15) is 4.98 Å². The van der Waals surface area contributed by atoms with E-state index < -0.39 is 0 Å². The monoisotopic (exact) mass is 204 g/mol. The Bertz CT molecular complexity index is 472. The maximum absolute atomic E-state index is 13.2. The summed E-state index contributed by atoms with van der Waals surface area (Å²) in [5.41, 5.74) is 5.75. The van der Waals surface area contributed by atoms with E-state index in [4.69, 9.17) is 5.73 Å². The van der Waals surface area contributed by atoms with Crippen molar-refractivity contribution >= 4 is 17.5 Å². The number of anilines is 3. The average molecular weight is 204 g/mol. The van der Waals surface area contributed by atoms with Gasteiger partial charge in [0.1, 0.15) is 11.6 Å². The molecule has 0 atom stereocenters. The molecule has 5 heteroatoms. The summed E-state index contributed by atoms with van der Waals surface area (Å²) in [5.74, 6) is 0.277. The lowest BCUT2D eigenvalue weighted by Gasteiger charge is -2.05. The molecular formula is C10H9FN4. The molecule has 0 fully saturated rings. The summed E-state index contributed by atoms with van der Waals surface area (Å²) in [7, 11) is 0. The van der Waals surface area contributed by atoms with Gasteiger partial charge in [0.15, 0.2) is 0 Å². The molecule has 0 saturated heterocycles. The number of nitrogen functional groups attached to an aromatic ring is 1. The topological polar surface area (TPSA) is 63.8 Å². The zero-order chi connectivity index (χ0) is 10.7. The Morgan fingerprint density at radius 3 is 2.73 bits per heavy atom. The molecule has 0 unspecified atom stereocenters. The molecule has 2 aromatic rings. The maximum atomic E-state index is 13.2. The van der Waals surface area contributed by atoms with E-state index in [-0.39, 0.29) is 11.8 Å². The minimum Gasteiger partial charge on any atom is -0.368 e. The number of nitrogens with one attached hydrogen (secondary N) is 1. The molecule has 76 valence electrons. The van der Waals surface area contributed by atoms with E-state index in [1.807, 2.05) is 0 Å². The highest BCUT2D eigenvalue weighted by molar-refractivity contribution is 5.56. The fraction of sp³-hybridized carbons (Fsp3) is 0. The molecule has 0 amide bonds. The number of aromatic nitrogens is 2. The van der Waals surface area contributed by atoms with Crippen molar-refractivity contribution in [2.24, 2.45) is 0 Å². The molecule has 0 bridgehead atoms. The predicted molar refractivity (Wildman–Crippen MR) is 56.1 cm³/mol. The number of hydrogen-bond donors (Lipinski definition) is 2. The van der Waals surface area contributed by atoms with Gasteiger partial charge in [-0.1, -0.05) is 12.1 Å². The predicted octanol–water partition coefficient (Wildman–Crippen LogP) is 1.94. The Morgan fingerprint density at radius 1 is 1.20 bits per heavy atom. The van der Waals surface area contributed by atoms with Crippen molar-refractivity contribution in [1.29, 1.82) is 0 Å². The largest absolute Gasteiger partial charge is 0.368 e. The Kier molecular flexibility index (Phi) is 2.45. The number of nitrogens with two attached hydrogens (primary N) is 1. The lowest BCUT2D eigenvalue weighted by Crippen LogP contribution is -2.00. The lowest BCUT2D eigenvalue weighted by atomic mass is 10.3. The van der Waals surface area contributed by atoms with Crippen LogP contribution in [-0.2, 0) is 0 Å². The van der Waals surface area contributed by atoms with E-state index in [2.05, 4.69) is 15.3 Å². The fourth-order valence-corrected chi connectivity index (χ4v) is 1.14. The first-order valence-electron chi connectivity index (χ1n) is 4.36. The highest BCUT2D eigenvalue weighted by atomic mass is 19.1. The van der Waals surface area contributed by atoms with Gasteiger partial charge < -0.3 is 11.1 Å². The van der Waals surface area contributed by atoms with Gasteiger partial charge in [-0.3, -0.25) is 0 Å². The molecule has 15 heavy (non-hydrogen) atoms. The second-order valence-electron chi connectivity index (χ2n) is 2.90. The number of halogens is 1. The third-order valence-corrected chi connectivity index (χ3v) is 1.81. The van der Waals surface area contributed by atoms with Gasteiger partial charge in [-0.05, 0) is 18.2 Å². The van der Waals surface area contributed by atoms with Crippen molar-refractivity contribution < 1.29 is 4.39 Å². The smallest absolute Gasteiger partial charge is 0.221 e. The van der Waals surface area contributed by atoms with Gasteiger partial charge in [0, 0.05) is 6.20 Å². The second kappa shape index (κ2) is 3.91. The van der Waals surface area contributed by atoms with E-state index in [0.29, 0.717) is 11.5 Å². The molecule has 3 N–H and O–H groups in total. The van der Waals surface area contributed by atoms with Crippen LogP contribution in [0.5, 0.6) is 0 Å². The standard InChI is InChI=1S/C10H9FN4/c11-7-3-1-2-4-8(7)14-9-5-6-13-10(12)15-9/h1-6H,(H3,12,13,14,15). The van der Waals surface area contributed by atoms with Crippen LogP contribution < -0.4 is 11.1 Å². The third-order valence-electron chi connectivity index (χ3n) is 1.81. The molecule has 0 spiro atoms. The first kappa shape index (κ1) is 9.39. The Hall–Kier alpha value is -2.17. The third kappa shape index (κ3) is 2.19. The van der Waals surface area contributed by atoms with Gasteiger partial charge in [0.25, 0.3) is 0 Å². The van der Waals surface area contributed by atoms with Gasteiger partial charge in [0.2, 0.25) is 5.95 Å². The van der Waals surface area contributed by atoms with Gasteiger partial charge >= 0.3 is 0 Å². The first-order valence-corrected chi connectivity index (χ1v) is 4.36. The zero-order valence-electron chi connectivity index (χ0n) is 7.81. The van der Waals surface area contributed by atoms with Crippen molar-refractivity contribution in [2.75, 3.05) is 11.1 Å². The van der Waals surface area contributed by atoms with Crippen LogP contribution in [0.3, 0.4) is 0 Å². The van der Waals surface area contributed by atoms with Gasteiger partial charge in [0.05, 0.1) is 5.69 Å². The number of nitrogens with zero attached hydrogens (tertiary/aromatic N) is 2. The number of hydrogen-bond acceptors (Lipinski definition) is 4. The van der Waals surface area contributed by atoms with E-state index in [1.165, 1.54) is 12.3 Å². The first-order chi connectivity index (χ1) is 7.25. The minimum absolute atomic E-state index is 0.149. The minimum atomic E-state index is -0.338. The molecule has 0 aliphatic rings. The highest BCUT2D eigenvalue weighted by Crippen LogP contribution is 2.17. The molecular weight excluding hydrogens is 195 g/mol. The van der Waals surface area contributed by atoms with Crippen molar-refractivity contribution in [3.8, 4) is 0 Å². The van der Waals surface area contributed by atoms with Crippen LogP contribution in [0.2, 0.25) is 0 Å². The lowest BCUT2D eigenvalue weighted by molar-refractivity contribution is 0.632. The highest BCUT2D eigenvalue weighted by Gasteiger charge is 2.01. The average Bonchev–Trinajstić information content (AvgIpc) is 2.22. The van der Waals surface area contributed by atoms with Crippen LogP contribution in [0.1, 0.15) is 0 Å². The molecule has 2 rings (SSSR count). The van der Waals surface area contributed by atoms with Crippen LogP contribution in [0.15, 0.2) is 36.5 Å². The molecule has 0 aliphatic carbocycles. The maximum Gasteiger partial charge on any atom is 0.221 e. The van der Waals surface area contributed by atoms with E-state index in [0.717, 1.165) is 0 Å². The quantitative estimate of drug-likeness (QED) is 0.784. The van der Waals surface area contributed by atoms with Crippen molar-refractivity contribution in [2.45, 2.75) is 0 Å². The molecule has 4 nitrogen and oxygen atoms in total. The normalized spacial score (nSPS) is 9.93. The van der Waals surface area contributed by atoms with Crippen LogP contribution in [0.4, 0.5) is 21.8 Å². The molecule has 1 heterocycles. The summed E-state index contributed by atoms with van der Waals surface area (Å²) in [6, 6.07) is 7.95. The SMILES string of the molecule is Nc1nccc(Nc2ccccc2F)n1. The number of rotatable bonds is 2. The summed E-state index contributed by atoms with van der Waals surface area (Å²) in [6.07, 6.45) is 1.51. The molecule has 0 radical (unpaired) electrons. The molecule has 1 aromatic heterocycles. The van der Waals surface area contributed by atoms with Crippen LogP contribution in [-0.4, -0.2) is 9.97 Å². The van der Waals surface area contributed by atoms with Crippen molar-refractivity contribution in [3.05, 3.63) is 42.3 Å². The van der Waals surface area contributed by atoms with Crippen LogP contribution >= 0.6 is 0 Å². The van der Waals surface area contributed by atoms with Crippen molar-refractivity contribution in [3.63, 3.8) is 0 Å². The molecule has 0 aliphatic heterocycles. The van der Waals surface area contributed by atoms with E-state index in [9.17, 15) is 4.39 Å². The Labute approximate surface area is 86.0 Å². The summed E-state index contributed by atoms with van der Waals surface area (Å²) < 4.78 is 13.2. The summed E-state index contributed by atoms with van der Waals surface area (Å²) >= 11 is 0. The Morgan fingerprint density at radius 2 is 2.00 bits per heavy atom. The van der Waals surface area contributed by atoms with Gasteiger partial charge in [-0.25, -0.2) is 9.37 Å². The summed E-state index contributed by atoms with van der Waals surface area (Å²) in [5, 5.41) is 2.81. The molecule has 1 aromatic carbocycles.